The van der Waals surface area contributed by atoms with Gasteiger partial charge in [0.25, 0.3) is 0 Å². The lowest BCUT2D eigenvalue weighted by atomic mass is 9.83. The van der Waals surface area contributed by atoms with Crippen molar-refractivity contribution in [2.24, 2.45) is 11.8 Å². The molecule has 2 heteroatoms. The van der Waals surface area contributed by atoms with Gasteiger partial charge >= 0.3 is 0 Å². The predicted octanol–water partition coefficient (Wildman–Crippen LogP) is 3.28. The van der Waals surface area contributed by atoms with Gasteiger partial charge in [-0.05, 0) is 51.1 Å². The average molecular weight is 252 g/mol. The summed E-state index contributed by atoms with van der Waals surface area (Å²) in [5.74, 6) is 1.72. The van der Waals surface area contributed by atoms with Gasteiger partial charge in [0.2, 0.25) is 0 Å². The predicted molar refractivity (Wildman–Crippen MR) is 78.9 cm³/mol. The molecule has 1 heterocycles. The molecule has 2 unspecified atom stereocenters. The topological polar surface area (TPSA) is 15.3 Å². The molecule has 1 aliphatic heterocycles. The number of nitrogens with zero attached hydrogens (tertiary/aromatic N) is 1. The normalized spacial score (nSPS) is 30.3. The lowest BCUT2D eigenvalue weighted by Crippen LogP contribution is -2.47. The van der Waals surface area contributed by atoms with Crippen LogP contribution in [0.2, 0.25) is 0 Å². The van der Waals surface area contributed by atoms with Crippen LogP contribution in [0.3, 0.4) is 0 Å². The molecule has 106 valence electrons. The zero-order valence-electron chi connectivity index (χ0n) is 12.6. The summed E-state index contributed by atoms with van der Waals surface area (Å²) in [6.45, 7) is 10.9. The van der Waals surface area contributed by atoms with Gasteiger partial charge in [0.15, 0.2) is 0 Å². The maximum Gasteiger partial charge on any atom is 0.0223 e. The quantitative estimate of drug-likeness (QED) is 0.829. The van der Waals surface area contributed by atoms with Gasteiger partial charge in [0.05, 0.1) is 0 Å². The Balaban J connectivity index is 1.93. The third-order valence-corrected chi connectivity index (χ3v) is 5.22. The van der Waals surface area contributed by atoms with E-state index in [-0.39, 0.29) is 0 Å². The Morgan fingerprint density at radius 1 is 1.00 bits per heavy atom. The molecule has 0 aromatic rings. The Bertz CT molecular complexity index is 233. The van der Waals surface area contributed by atoms with Crippen molar-refractivity contribution in [3.8, 4) is 0 Å². The highest BCUT2D eigenvalue weighted by Gasteiger charge is 2.29. The van der Waals surface area contributed by atoms with Crippen molar-refractivity contribution in [1.82, 2.24) is 10.2 Å². The smallest absolute Gasteiger partial charge is 0.0223 e. The minimum atomic E-state index is 0.732. The first-order valence-corrected chi connectivity index (χ1v) is 8.16. The molecule has 0 amide bonds. The van der Waals surface area contributed by atoms with E-state index in [0.29, 0.717) is 0 Å². The fraction of sp³-hybridized carbons (Fsp3) is 1.00. The molecule has 0 aromatic carbocycles. The number of hydrogen-bond acceptors (Lipinski definition) is 2. The van der Waals surface area contributed by atoms with Crippen LogP contribution in [0.5, 0.6) is 0 Å². The summed E-state index contributed by atoms with van der Waals surface area (Å²) < 4.78 is 0. The van der Waals surface area contributed by atoms with E-state index in [2.05, 4.69) is 31.0 Å². The Kier molecular flexibility index (Phi) is 5.50. The van der Waals surface area contributed by atoms with E-state index < -0.39 is 0 Å². The van der Waals surface area contributed by atoms with Gasteiger partial charge in [0.1, 0.15) is 0 Å². The molecule has 1 saturated carbocycles. The van der Waals surface area contributed by atoms with Crippen LogP contribution in [0.1, 0.15) is 59.3 Å². The van der Waals surface area contributed by atoms with Crippen molar-refractivity contribution in [2.45, 2.75) is 71.4 Å². The molecule has 2 aliphatic rings. The van der Waals surface area contributed by atoms with Gasteiger partial charge < -0.3 is 5.32 Å². The fourth-order valence-corrected chi connectivity index (χ4v) is 3.62. The second kappa shape index (κ2) is 6.91. The number of nitrogens with one attached hydrogen (secondary N) is 1. The summed E-state index contributed by atoms with van der Waals surface area (Å²) >= 11 is 0. The molecule has 18 heavy (non-hydrogen) atoms. The van der Waals surface area contributed by atoms with Gasteiger partial charge in [-0.25, -0.2) is 0 Å². The molecule has 1 saturated heterocycles. The minimum Gasteiger partial charge on any atom is -0.312 e. The van der Waals surface area contributed by atoms with Crippen LogP contribution in [0.25, 0.3) is 0 Å². The van der Waals surface area contributed by atoms with Crippen LogP contribution in [0.4, 0.5) is 0 Å². The van der Waals surface area contributed by atoms with Crippen molar-refractivity contribution in [3.05, 3.63) is 0 Å². The van der Waals surface area contributed by atoms with E-state index in [0.717, 1.165) is 23.9 Å². The minimum absolute atomic E-state index is 0.732. The SMILES string of the molecule is CC(C)C(C)N1CCCNC(C2CCCCC2)C1. The second-order valence-electron chi connectivity index (χ2n) is 6.79. The lowest BCUT2D eigenvalue weighted by molar-refractivity contribution is 0.142. The van der Waals surface area contributed by atoms with Crippen LogP contribution >= 0.6 is 0 Å². The molecule has 0 bridgehead atoms. The number of hydrogen-bond donors (Lipinski definition) is 1. The zero-order chi connectivity index (χ0) is 13.0. The van der Waals surface area contributed by atoms with Gasteiger partial charge in [-0.3, -0.25) is 4.90 Å². The highest BCUT2D eigenvalue weighted by molar-refractivity contribution is 4.86. The summed E-state index contributed by atoms with van der Waals surface area (Å²) in [6, 6.07) is 1.49. The van der Waals surface area contributed by atoms with Gasteiger partial charge in [-0.1, -0.05) is 33.1 Å². The summed E-state index contributed by atoms with van der Waals surface area (Å²) in [5, 5.41) is 3.83. The van der Waals surface area contributed by atoms with Crippen LogP contribution in [-0.2, 0) is 0 Å². The second-order valence-corrected chi connectivity index (χ2v) is 6.79. The molecule has 1 N–H and O–H groups in total. The largest absolute Gasteiger partial charge is 0.312 e. The molecule has 2 nitrogen and oxygen atoms in total. The van der Waals surface area contributed by atoms with Gasteiger partial charge in [-0.2, -0.15) is 0 Å². The van der Waals surface area contributed by atoms with Crippen molar-refractivity contribution < 1.29 is 0 Å². The first-order valence-electron chi connectivity index (χ1n) is 8.16. The standard InChI is InChI=1S/C16H32N2/c1-13(2)14(3)18-11-7-10-17-16(12-18)15-8-5-4-6-9-15/h13-17H,4-12H2,1-3H3. The summed E-state index contributed by atoms with van der Waals surface area (Å²) in [6.07, 6.45) is 8.63. The highest BCUT2D eigenvalue weighted by Crippen LogP contribution is 2.28. The van der Waals surface area contributed by atoms with Gasteiger partial charge in [0, 0.05) is 18.6 Å². The molecule has 0 aromatic heterocycles. The van der Waals surface area contributed by atoms with Crippen molar-refractivity contribution in [1.29, 1.82) is 0 Å². The zero-order valence-corrected chi connectivity index (χ0v) is 12.6. The molecule has 2 rings (SSSR count). The molecule has 2 fully saturated rings. The Morgan fingerprint density at radius 2 is 1.72 bits per heavy atom. The molecule has 0 radical (unpaired) electrons. The average Bonchev–Trinajstić information content (AvgIpc) is 2.64. The van der Waals surface area contributed by atoms with Crippen LogP contribution < -0.4 is 5.32 Å². The Labute approximate surface area is 114 Å². The van der Waals surface area contributed by atoms with Gasteiger partial charge in [-0.15, -0.1) is 0 Å². The molecular formula is C16H32N2. The van der Waals surface area contributed by atoms with E-state index in [1.165, 1.54) is 58.2 Å². The third-order valence-electron chi connectivity index (χ3n) is 5.22. The lowest BCUT2D eigenvalue weighted by Gasteiger charge is -2.36. The fourth-order valence-electron chi connectivity index (χ4n) is 3.62. The number of rotatable bonds is 3. The molecular weight excluding hydrogens is 220 g/mol. The van der Waals surface area contributed by atoms with E-state index in [1.807, 2.05) is 0 Å². The van der Waals surface area contributed by atoms with Crippen molar-refractivity contribution in [2.75, 3.05) is 19.6 Å². The van der Waals surface area contributed by atoms with E-state index in [9.17, 15) is 0 Å². The van der Waals surface area contributed by atoms with E-state index in [4.69, 9.17) is 0 Å². The summed E-state index contributed by atoms with van der Waals surface area (Å²) in [4.78, 5) is 2.74. The summed E-state index contributed by atoms with van der Waals surface area (Å²) in [5.41, 5.74) is 0. The molecule has 1 aliphatic carbocycles. The van der Waals surface area contributed by atoms with Crippen LogP contribution in [0.15, 0.2) is 0 Å². The Hall–Kier alpha value is -0.0800. The molecule has 0 spiro atoms. The van der Waals surface area contributed by atoms with E-state index >= 15 is 0 Å². The Morgan fingerprint density at radius 3 is 2.39 bits per heavy atom. The van der Waals surface area contributed by atoms with Crippen LogP contribution in [-0.4, -0.2) is 36.6 Å². The maximum atomic E-state index is 3.83. The van der Waals surface area contributed by atoms with Crippen molar-refractivity contribution >= 4 is 0 Å². The highest BCUT2D eigenvalue weighted by atomic mass is 15.2. The monoisotopic (exact) mass is 252 g/mol. The van der Waals surface area contributed by atoms with E-state index in [1.54, 1.807) is 0 Å². The third kappa shape index (κ3) is 3.71. The maximum absolute atomic E-state index is 3.83. The first kappa shape index (κ1) is 14.3. The van der Waals surface area contributed by atoms with Crippen LogP contribution in [0, 0.1) is 11.8 Å². The summed E-state index contributed by atoms with van der Waals surface area (Å²) in [7, 11) is 0. The first-order chi connectivity index (χ1) is 8.68. The molecule has 2 atom stereocenters. The van der Waals surface area contributed by atoms with Crippen molar-refractivity contribution in [3.63, 3.8) is 0 Å².